The van der Waals surface area contributed by atoms with Gasteiger partial charge in [-0.2, -0.15) is 0 Å². The van der Waals surface area contributed by atoms with E-state index in [1.54, 1.807) is 41.2 Å². The van der Waals surface area contributed by atoms with Gasteiger partial charge in [-0.15, -0.1) is 0 Å². The molecule has 0 unspecified atom stereocenters. The number of amides is 2. The Kier molecular flexibility index (Phi) is 5.47. The van der Waals surface area contributed by atoms with Crippen LogP contribution in [0.15, 0.2) is 53.4 Å². The molecule has 2 N–H and O–H groups in total. The predicted octanol–water partition coefficient (Wildman–Crippen LogP) is 2.43. The Morgan fingerprint density at radius 3 is 2.27 bits per heavy atom. The highest BCUT2D eigenvalue weighted by atomic mass is 127. The van der Waals surface area contributed by atoms with Crippen molar-refractivity contribution < 1.29 is 21.1 Å². The molecule has 0 aliphatic heterocycles. The molecule has 0 atom stereocenters. The second kappa shape index (κ2) is 7.62. The van der Waals surface area contributed by atoms with E-state index < -0.39 is 15.9 Å². The minimum absolute atomic E-state index is 0.103. The van der Waals surface area contributed by atoms with E-state index in [0.717, 1.165) is 12.8 Å². The quantitative estimate of drug-likeness (QED) is 0.611. The maximum absolute atomic E-state index is 12.4. The molecule has 3 rings (SSSR count). The first kappa shape index (κ1) is 18.6. The maximum atomic E-state index is 12.4. The minimum Gasteiger partial charge on any atom is -0.427 e. The number of carbonyl (C=O) groups excluding carboxylic acids is 2. The van der Waals surface area contributed by atoms with Crippen LogP contribution in [0.4, 0.5) is 0 Å². The summed E-state index contributed by atoms with van der Waals surface area (Å²) in [6, 6.07) is 11.9. The summed E-state index contributed by atoms with van der Waals surface area (Å²) < 4.78 is 31.9. The van der Waals surface area contributed by atoms with E-state index in [4.69, 9.17) is 3.07 Å². The third-order valence-corrected chi connectivity index (χ3v) is 5.60. The number of hydrogen-bond acceptors (Lipinski definition) is 5. The maximum Gasteiger partial charge on any atom is 0.268 e. The smallest absolute Gasteiger partial charge is 0.268 e. The lowest BCUT2D eigenvalue weighted by molar-refractivity contribution is 0.0948. The van der Waals surface area contributed by atoms with Crippen LogP contribution >= 0.6 is 23.0 Å². The van der Waals surface area contributed by atoms with Gasteiger partial charge in [0.2, 0.25) is 0 Å². The van der Waals surface area contributed by atoms with E-state index in [1.807, 2.05) is 4.72 Å². The van der Waals surface area contributed by atoms with Gasteiger partial charge in [-0.25, -0.2) is 13.1 Å². The zero-order valence-corrected chi connectivity index (χ0v) is 16.4. The van der Waals surface area contributed by atoms with Crippen LogP contribution in [-0.4, -0.2) is 26.3 Å². The number of hydrogen-bond donors (Lipinski definition) is 2. The van der Waals surface area contributed by atoms with Crippen LogP contribution in [0.2, 0.25) is 0 Å². The Bertz CT molecular complexity index is 940. The highest BCUT2D eigenvalue weighted by Gasteiger charge is 2.25. The standard InChI is InChI=1S/C17H15IN2O5S/c18-25-15-4-2-1-3-14(15)17(22)20-26(23,24)13-9-5-11(6-10-13)16(21)19-12-7-8-12/h1-6,9-10,12H,7-8H2,(H,19,21)(H,20,22). The van der Waals surface area contributed by atoms with Crippen molar-refractivity contribution >= 4 is 44.8 Å². The predicted molar refractivity (Wildman–Crippen MR) is 103 cm³/mol. The van der Waals surface area contributed by atoms with Crippen molar-refractivity contribution in [3.05, 3.63) is 59.7 Å². The summed E-state index contributed by atoms with van der Waals surface area (Å²) in [6.07, 6.45) is 1.93. The van der Waals surface area contributed by atoms with Crippen molar-refractivity contribution in [1.82, 2.24) is 10.0 Å². The fourth-order valence-corrected chi connectivity index (χ4v) is 3.59. The van der Waals surface area contributed by atoms with Gasteiger partial charge in [0, 0.05) is 11.6 Å². The molecule has 9 heteroatoms. The van der Waals surface area contributed by atoms with Gasteiger partial charge < -0.3 is 8.38 Å². The van der Waals surface area contributed by atoms with Crippen LogP contribution in [0, 0.1) is 0 Å². The van der Waals surface area contributed by atoms with Crippen LogP contribution in [0.25, 0.3) is 0 Å². The molecule has 2 aromatic carbocycles. The number of nitrogens with one attached hydrogen (secondary N) is 2. The number of halogens is 1. The second-order valence-electron chi connectivity index (χ2n) is 5.78. The molecular weight excluding hydrogens is 471 g/mol. The van der Waals surface area contributed by atoms with Gasteiger partial charge in [-0.1, -0.05) is 12.1 Å². The Balaban J connectivity index is 1.75. The molecule has 0 saturated heterocycles. The molecular formula is C17H15IN2O5S. The van der Waals surface area contributed by atoms with Crippen molar-refractivity contribution in [2.45, 2.75) is 23.8 Å². The van der Waals surface area contributed by atoms with Gasteiger partial charge in [-0.05, 0) is 49.2 Å². The summed E-state index contributed by atoms with van der Waals surface area (Å²) >= 11 is 1.62. The monoisotopic (exact) mass is 486 g/mol. The van der Waals surface area contributed by atoms with Crippen molar-refractivity contribution in [3.8, 4) is 5.75 Å². The van der Waals surface area contributed by atoms with Gasteiger partial charge in [0.25, 0.3) is 21.8 Å². The highest BCUT2D eigenvalue weighted by molar-refractivity contribution is 14.1. The fraction of sp³-hybridized carbons (Fsp3) is 0.176. The molecule has 2 aromatic rings. The van der Waals surface area contributed by atoms with E-state index in [-0.39, 0.29) is 28.2 Å². The molecule has 0 radical (unpaired) electrons. The SMILES string of the molecule is O=C(NC1CC1)c1ccc(S(=O)(=O)NC(=O)c2ccccc2OI)cc1. The van der Waals surface area contributed by atoms with Gasteiger partial charge >= 0.3 is 0 Å². The van der Waals surface area contributed by atoms with Crippen LogP contribution < -0.4 is 13.1 Å². The first-order chi connectivity index (χ1) is 12.4. The highest BCUT2D eigenvalue weighted by Crippen LogP contribution is 2.21. The summed E-state index contributed by atoms with van der Waals surface area (Å²) in [5, 5.41) is 2.82. The Labute approximate surface area is 164 Å². The Morgan fingerprint density at radius 2 is 1.65 bits per heavy atom. The summed E-state index contributed by atoms with van der Waals surface area (Å²) in [6.45, 7) is 0. The van der Waals surface area contributed by atoms with E-state index in [9.17, 15) is 18.0 Å². The Hall–Kier alpha value is -2.14. The Morgan fingerprint density at radius 1 is 1.00 bits per heavy atom. The third kappa shape index (κ3) is 4.33. The van der Waals surface area contributed by atoms with Crippen LogP contribution in [0.1, 0.15) is 33.6 Å². The van der Waals surface area contributed by atoms with E-state index in [2.05, 4.69) is 5.32 Å². The van der Waals surface area contributed by atoms with Crippen molar-refractivity contribution in [3.63, 3.8) is 0 Å². The molecule has 0 heterocycles. The van der Waals surface area contributed by atoms with Crippen LogP contribution in [0.3, 0.4) is 0 Å². The number of benzene rings is 2. The van der Waals surface area contributed by atoms with Crippen molar-refractivity contribution in [2.75, 3.05) is 0 Å². The lowest BCUT2D eigenvalue weighted by atomic mass is 10.2. The molecule has 1 aliphatic carbocycles. The van der Waals surface area contributed by atoms with Gasteiger partial charge in [-0.3, -0.25) is 9.59 Å². The zero-order valence-electron chi connectivity index (χ0n) is 13.4. The van der Waals surface area contributed by atoms with Gasteiger partial charge in [0.15, 0.2) is 23.0 Å². The average Bonchev–Trinajstić information content (AvgIpc) is 3.45. The van der Waals surface area contributed by atoms with Gasteiger partial charge in [0.1, 0.15) is 5.75 Å². The molecule has 0 bridgehead atoms. The number of rotatable bonds is 6. The lowest BCUT2D eigenvalue weighted by Gasteiger charge is -2.10. The van der Waals surface area contributed by atoms with E-state index >= 15 is 0 Å². The lowest BCUT2D eigenvalue weighted by Crippen LogP contribution is -2.31. The number of sulfonamides is 1. The van der Waals surface area contributed by atoms with Crippen LogP contribution in [0.5, 0.6) is 5.75 Å². The first-order valence-electron chi connectivity index (χ1n) is 7.76. The van der Waals surface area contributed by atoms with E-state index in [0.29, 0.717) is 5.56 Å². The van der Waals surface area contributed by atoms with Crippen molar-refractivity contribution in [1.29, 1.82) is 0 Å². The van der Waals surface area contributed by atoms with Crippen molar-refractivity contribution in [2.24, 2.45) is 0 Å². The molecule has 26 heavy (non-hydrogen) atoms. The molecule has 7 nitrogen and oxygen atoms in total. The third-order valence-electron chi connectivity index (χ3n) is 3.78. The molecule has 1 saturated carbocycles. The average molecular weight is 486 g/mol. The second-order valence-corrected chi connectivity index (χ2v) is 7.90. The number of carbonyl (C=O) groups is 2. The topological polar surface area (TPSA) is 102 Å². The largest absolute Gasteiger partial charge is 0.427 e. The molecule has 0 aromatic heterocycles. The molecule has 1 fully saturated rings. The normalized spacial score (nSPS) is 13.7. The fourth-order valence-electron chi connectivity index (χ4n) is 2.24. The van der Waals surface area contributed by atoms with E-state index in [1.165, 1.54) is 30.3 Å². The molecule has 136 valence electrons. The van der Waals surface area contributed by atoms with Crippen LogP contribution in [-0.2, 0) is 10.0 Å². The molecule has 0 spiro atoms. The summed E-state index contributed by atoms with van der Waals surface area (Å²) in [7, 11) is -4.08. The molecule has 1 aliphatic rings. The summed E-state index contributed by atoms with van der Waals surface area (Å²) in [5.41, 5.74) is 0.469. The summed E-state index contributed by atoms with van der Waals surface area (Å²) in [5.74, 6) is -0.783. The zero-order chi connectivity index (χ0) is 18.7. The summed E-state index contributed by atoms with van der Waals surface area (Å²) in [4.78, 5) is 24.1. The van der Waals surface area contributed by atoms with Gasteiger partial charge in [0.05, 0.1) is 10.5 Å². The minimum atomic E-state index is -4.08. The first-order valence-corrected chi connectivity index (χ1v) is 10.1. The number of para-hydroxylation sites is 1. The molecule has 2 amide bonds.